The Kier molecular flexibility index (Phi) is 3.48. The van der Waals surface area contributed by atoms with Gasteiger partial charge in [-0.1, -0.05) is 19.8 Å². The molecule has 0 bridgehead atoms. The van der Waals surface area contributed by atoms with Crippen LogP contribution in [-0.4, -0.2) is 11.2 Å². The maximum atomic E-state index is 13.3. The van der Waals surface area contributed by atoms with Gasteiger partial charge in [0, 0.05) is 18.1 Å². The normalized spacial score (nSPS) is 34.5. The SMILES string of the molecule is CC1CCC(C2CC(O)c3ccc(F)cc3O2)CC1. The Hall–Kier alpha value is -1.09. The van der Waals surface area contributed by atoms with Gasteiger partial charge in [0.2, 0.25) is 0 Å². The highest BCUT2D eigenvalue weighted by Crippen LogP contribution is 2.41. The van der Waals surface area contributed by atoms with Crippen molar-refractivity contribution in [3.8, 4) is 5.75 Å². The van der Waals surface area contributed by atoms with Gasteiger partial charge >= 0.3 is 0 Å². The molecule has 2 aliphatic rings. The Morgan fingerprint density at radius 2 is 1.95 bits per heavy atom. The first-order chi connectivity index (χ1) is 9.13. The van der Waals surface area contributed by atoms with Gasteiger partial charge < -0.3 is 9.84 Å². The van der Waals surface area contributed by atoms with E-state index in [1.807, 2.05) is 0 Å². The predicted octanol–water partition coefficient (Wildman–Crippen LogP) is 3.84. The molecule has 104 valence electrons. The van der Waals surface area contributed by atoms with Crippen molar-refractivity contribution in [3.63, 3.8) is 0 Å². The Balaban J connectivity index is 1.76. The lowest BCUT2D eigenvalue weighted by molar-refractivity contribution is 0.0191. The molecule has 0 spiro atoms. The molecule has 0 aromatic heterocycles. The lowest BCUT2D eigenvalue weighted by Gasteiger charge is -2.37. The summed E-state index contributed by atoms with van der Waals surface area (Å²) >= 11 is 0. The molecular formula is C16H21FO2. The molecule has 1 aliphatic carbocycles. The van der Waals surface area contributed by atoms with E-state index in [0.29, 0.717) is 18.1 Å². The van der Waals surface area contributed by atoms with Crippen LogP contribution in [0.1, 0.15) is 50.7 Å². The zero-order valence-electron chi connectivity index (χ0n) is 11.3. The largest absolute Gasteiger partial charge is 0.490 e. The van der Waals surface area contributed by atoms with E-state index in [1.165, 1.54) is 25.0 Å². The minimum atomic E-state index is -0.520. The molecule has 19 heavy (non-hydrogen) atoms. The van der Waals surface area contributed by atoms with Crippen molar-refractivity contribution >= 4 is 0 Å². The number of hydrogen-bond donors (Lipinski definition) is 1. The van der Waals surface area contributed by atoms with Crippen LogP contribution in [0, 0.1) is 17.7 Å². The minimum Gasteiger partial charge on any atom is -0.490 e. The van der Waals surface area contributed by atoms with Gasteiger partial charge in [0.05, 0.1) is 6.10 Å². The number of ether oxygens (including phenoxy) is 1. The molecule has 3 rings (SSSR count). The van der Waals surface area contributed by atoms with Crippen LogP contribution in [0.3, 0.4) is 0 Å². The third kappa shape index (κ3) is 2.62. The van der Waals surface area contributed by atoms with Gasteiger partial charge in [0.1, 0.15) is 17.7 Å². The molecule has 1 aromatic rings. The molecule has 2 nitrogen and oxygen atoms in total. The first-order valence-corrected chi connectivity index (χ1v) is 7.27. The van der Waals surface area contributed by atoms with Crippen LogP contribution in [0.15, 0.2) is 18.2 Å². The molecule has 1 N–H and O–H groups in total. The molecule has 2 unspecified atom stereocenters. The summed E-state index contributed by atoms with van der Waals surface area (Å²) < 4.78 is 19.2. The summed E-state index contributed by atoms with van der Waals surface area (Å²) in [6.07, 6.45) is 4.93. The smallest absolute Gasteiger partial charge is 0.128 e. The Morgan fingerprint density at radius 3 is 2.68 bits per heavy atom. The second-order valence-corrected chi connectivity index (χ2v) is 6.11. The number of halogens is 1. The van der Waals surface area contributed by atoms with Crippen LogP contribution in [0.4, 0.5) is 4.39 Å². The van der Waals surface area contributed by atoms with Crippen molar-refractivity contribution in [3.05, 3.63) is 29.6 Å². The van der Waals surface area contributed by atoms with Crippen LogP contribution < -0.4 is 4.74 Å². The molecule has 0 saturated heterocycles. The van der Waals surface area contributed by atoms with E-state index in [-0.39, 0.29) is 11.9 Å². The average molecular weight is 264 g/mol. The van der Waals surface area contributed by atoms with Crippen LogP contribution >= 0.6 is 0 Å². The van der Waals surface area contributed by atoms with Gasteiger partial charge in [-0.2, -0.15) is 0 Å². The van der Waals surface area contributed by atoms with Crippen LogP contribution in [-0.2, 0) is 0 Å². The van der Waals surface area contributed by atoms with Gasteiger partial charge in [0.25, 0.3) is 0 Å². The van der Waals surface area contributed by atoms with Crippen molar-refractivity contribution in [2.45, 2.75) is 51.2 Å². The van der Waals surface area contributed by atoms with Gasteiger partial charge in [-0.15, -0.1) is 0 Å². The maximum Gasteiger partial charge on any atom is 0.128 e. The zero-order valence-corrected chi connectivity index (χ0v) is 11.3. The second-order valence-electron chi connectivity index (χ2n) is 6.11. The lowest BCUT2D eigenvalue weighted by Crippen LogP contribution is -2.34. The fraction of sp³-hybridized carbons (Fsp3) is 0.625. The van der Waals surface area contributed by atoms with Gasteiger partial charge in [-0.05, 0) is 36.8 Å². The topological polar surface area (TPSA) is 29.5 Å². The number of aliphatic hydroxyl groups is 1. The summed E-state index contributed by atoms with van der Waals surface area (Å²) in [6.45, 7) is 2.29. The Labute approximate surface area is 113 Å². The zero-order chi connectivity index (χ0) is 13.4. The summed E-state index contributed by atoms with van der Waals surface area (Å²) in [4.78, 5) is 0. The highest BCUT2D eigenvalue weighted by atomic mass is 19.1. The summed E-state index contributed by atoms with van der Waals surface area (Å²) in [5.41, 5.74) is 0.724. The molecular weight excluding hydrogens is 243 g/mol. The van der Waals surface area contributed by atoms with Crippen LogP contribution in [0.2, 0.25) is 0 Å². The number of aliphatic hydroxyl groups excluding tert-OH is 1. The quantitative estimate of drug-likeness (QED) is 0.835. The van der Waals surface area contributed by atoms with E-state index in [1.54, 1.807) is 6.07 Å². The van der Waals surface area contributed by atoms with Crippen LogP contribution in [0.5, 0.6) is 5.75 Å². The molecule has 1 fully saturated rings. The van der Waals surface area contributed by atoms with Crippen molar-refractivity contribution in [1.82, 2.24) is 0 Å². The monoisotopic (exact) mass is 264 g/mol. The van der Waals surface area contributed by atoms with E-state index >= 15 is 0 Å². The summed E-state index contributed by atoms with van der Waals surface area (Å²) in [7, 11) is 0. The molecule has 1 saturated carbocycles. The number of hydrogen-bond acceptors (Lipinski definition) is 2. The third-order valence-electron chi connectivity index (χ3n) is 4.65. The first kappa shape index (κ1) is 12.9. The van der Waals surface area contributed by atoms with Gasteiger partial charge in [-0.25, -0.2) is 4.39 Å². The van der Waals surface area contributed by atoms with E-state index < -0.39 is 6.10 Å². The lowest BCUT2D eigenvalue weighted by atomic mass is 9.78. The summed E-state index contributed by atoms with van der Waals surface area (Å²) in [5, 5.41) is 10.2. The van der Waals surface area contributed by atoms with Crippen LogP contribution in [0.25, 0.3) is 0 Å². The second kappa shape index (κ2) is 5.12. The van der Waals surface area contributed by atoms with Crippen molar-refractivity contribution in [1.29, 1.82) is 0 Å². The Bertz CT molecular complexity index is 452. The maximum absolute atomic E-state index is 13.3. The molecule has 1 aromatic carbocycles. The Morgan fingerprint density at radius 1 is 1.21 bits per heavy atom. The predicted molar refractivity (Wildman–Crippen MR) is 71.5 cm³/mol. The summed E-state index contributed by atoms with van der Waals surface area (Å²) in [5.74, 6) is 1.53. The van der Waals surface area contributed by atoms with Crippen molar-refractivity contribution < 1.29 is 14.2 Å². The fourth-order valence-corrected chi connectivity index (χ4v) is 3.39. The molecule has 2 atom stereocenters. The molecule has 0 amide bonds. The fourth-order valence-electron chi connectivity index (χ4n) is 3.39. The standard InChI is InChI=1S/C16H21FO2/c1-10-2-4-11(5-3-10)15-9-14(18)13-7-6-12(17)8-16(13)19-15/h6-8,10-11,14-15,18H,2-5,9H2,1H3. The molecule has 1 heterocycles. The van der Waals surface area contributed by atoms with Crippen molar-refractivity contribution in [2.75, 3.05) is 0 Å². The minimum absolute atomic E-state index is 0.0387. The highest BCUT2D eigenvalue weighted by molar-refractivity contribution is 5.37. The highest BCUT2D eigenvalue weighted by Gasteiger charge is 2.34. The van der Waals surface area contributed by atoms with E-state index in [4.69, 9.17) is 4.74 Å². The van der Waals surface area contributed by atoms with E-state index in [9.17, 15) is 9.50 Å². The van der Waals surface area contributed by atoms with Crippen molar-refractivity contribution in [2.24, 2.45) is 11.8 Å². The average Bonchev–Trinajstić information content (AvgIpc) is 2.38. The van der Waals surface area contributed by atoms with Gasteiger partial charge in [-0.3, -0.25) is 0 Å². The molecule has 1 aliphatic heterocycles. The number of fused-ring (bicyclic) bond motifs is 1. The van der Waals surface area contributed by atoms with Gasteiger partial charge in [0.15, 0.2) is 0 Å². The number of rotatable bonds is 1. The third-order valence-corrected chi connectivity index (χ3v) is 4.65. The van der Waals surface area contributed by atoms with E-state index in [2.05, 4.69) is 6.92 Å². The molecule has 3 heteroatoms. The first-order valence-electron chi connectivity index (χ1n) is 7.27. The van der Waals surface area contributed by atoms with E-state index in [0.717, 1.165) is 24.3 Å². The molecule has 0 radical (unpaired) electrons. The summed E-state index contributed by atoms with van der Waals surface area (Å²) in [6, 6.07) is 4.42. The number of benzene rings is 1.